The van der Waals surface area contributed by atoms with Crippen molar-refractivity contribution < 1.29 is 14.4 Å². The third-order valence-electron chi connectivity index (χ3n) is 3.02. The quantitative estimate of drug-likeness (QED) is 0.621. The second kappa shape index (κ2) is 7.54. The summed E-state index contributed by atoms with van der Waals surface area (Å²) >= 11 is 0. The molecule has 2 aromatic rings. The highest BCUT2D eigenvalue weighted by Crippen LogP contribution is 2.26. The minimum Gasteiger partial charge on any atom is -0.451 e. The molecule has 0 fully saturated rings. The van der Waals surface area contributed by atoms with Crippen LogP contribution >= 0.6 is 0 Å². The van der Waals surface area contributed by atoms with Crippen molar-refractivity contribution in [2.45, 2.75) is 12.1 Å². The fraction of sp³-hybridized carbons (Fsp3) is 0.188. The summed E-state index contributed by atoms with van der Waals surface area (Å²) < 4.78 is 5.54. The molecule has 2 aromatic carbocycles. The van der Waals surface area contributed by atoms with Crippen molar-refractivity contribution in [1.82, 2.24) is 0 Å². The summed E-state index contributed by atoms with van der Waals surface area (Å²) in [7, 11) is 0. The van der Waals surface area contributed by atoms with Crippen LogP contribution in [0.3, 0.4) is 0 Å². The highest BCUT2D eigenvalue weighted by molar-refractivity contribution is 5.76. The second-order valence-corrected chi connectivity index (χ2v) is 4.58. The van der Waals surface area contributed by atoms with Gasteiger partial charge in [-0.1, -0.05) is 60.7 Å². The van der Waals surface area contributed by atoms with Crippen molar-refractivity contribution in [3.8, 4) is 0 Å². The van der Waals surface area contributed by atoms with Crippen LogP contribution in [0.15, 0.2) is 60.7 Å². The molecule has 0 spiro atoms. The molecule has 0 radical (unpaired) electrons. The number of hydrogen-bond donors (Lipinski definition) is 2. The number of benzene rings is 2. The van der Waals surface area contributed by atoms with Crippen LogP contribution in [0.2, 0.25) is 0 Å². The zero-order valence-corrected chi connectivity index (χ0v) is 11.5. The van der Waals surface area contributed by atoms with Gasteiger partial charge in [-0.2, -0.15) is 0 Å². The van der Waals surface area contributed by atoms with Crippen LogP contribution in [0, 0.1) is 0 Å². The van der Waals surface area contributed by atoms with Gasteiger partial charge in [0.05, 0.1) is 6.61 Å². The Balaban J connectivity index is 2.23. The molecule has 110 valence electrons. The maximum Gasteiger partial charge on any atom is 0.326 e. The fourth-order valence-corrected chi connectivity index (χ4v) is 1.96. The third kappa shape index (κ3) is 4.13. The lowest BCUT2D eigenvalue weighted by molar-refractivity contribution is -0.150. The summed E-state index contributed by atoms with van der Waals surface area (Å²) in [5.74, 6) is 4.38. The highest BCUT2D eigenvalue weighted by atomic mass is 16.6. The molecule has 0 bridgehead atoms. The Morgan fingerprint density at radius 1 is 0.952 bits per heavy atom. The molecular formula is C16H18N2O3. The molecule has 2 rings (SSSR count). The molecule has 0 aliphatic carbocycles. The van der Waals surface area contributed by atoms with Gasteiger partial charge in [-0.05, 0) is 11.1 Å². The fourth-order valence-electron chi connectivity index (χ4n) is 1.96. The third-order valence-corrected chi connectivity index (χ3v) is 3.02. The molecule has 21 heavy (non-hydrogen) atoms. The molecule has 0 aromatic heterocycles. The van der Waals surface area contributed by atoms with Gasteiger partial charge < -0.3 is 15.3 Å². The highest BCUT2D eigenvalue weighted by Gasteiger charge is 2.23. The van der Waals surface area contributed by atoms with Crippen molar-refractivity contribution in [2.75, 3.05) is 6.61 Å². The minimum atomic E-state index is -0.912. The van der Waals surface area contributed by atoms with Crippen LogP contribution in [0.1, 0.15) is 17.2 Å². The van der Waals surface area contributed by atoms with Gasteiger partial charge in [0.25, 0.3) is 0 Å². The van der Waals surface area contributed by atoms with Gasteiger partial charge in [0, 0.05) is 0 Å². The summed E-state index contributed by atoms with van der Waals surface area (Å²) in [6.45, 7) is -0.0882. The van der Waals surface area contributed by atoms with Gasteiger partial charge in [0.15, 0.2) is 6.10 Å². The first-order valence-corrected chi connectivity index (χ1v) is 6.60. The smallest absolute Gasteiger partial charge is 0.326 e. The van der Waals surface area contributed by atoms with Crippen molar-refractivity contribution in [3.05, 3.63) is 71.8 Å². The van der Waals surface area contributed by atoms with E-state index in [0.29, 0.717) is 0 Å². The van der Waals surface area contributed by atoms with E-state index in [-0.39, 0.29) is 6.61 Å². The topological polar surface area (TPSA) is 87.6 Å². The van der Waals surface area contributed by atoms with Crippen molar-refractivity contribution in [3.63, 3.8) is 0 Å². The average molecular weight is 286 g/mol. The summed E-state index contributed by atoms with van der Waals surface area (Å²) in [6, 6.07) is 18.1. The molecule has 0 heterocycles. The van der Waals surface area contributed by atoms with E-state index in [1.54, 1.807) is 0 Å². The first kappa shape index (κ1) is 15.2. The molecule has 0 amide bonds. The van der Waals surface area contributed by atoms with E-state index in [9.17, 15) is 4.79 Å². The molecule has 4 N–H and O–H groups in total. The van der Waals surface area contributed by atoms with Gasteiger partial charge in [-0.25, -0.2) is 5.90 Å². The number of rotatable bonds is 6. The Kier molecular flexibility index (Phi) is 5.45. The number of hydrogen-bond acceptors (Lipinski definition) is 5. The summed E-state index contributed by atoms with van der Waals surface area (Å²) in [6.07, 6.45) is -0.510. The molecule has 5 heteroatoms. The van der Waals surface area contributed by atoms with Crippen LogP contribution in [0.5, 0.6) is 0 Å². The van der Waals surface area contributed by atoms with E-state index in [1.165, 1.54) is 0 Å². The van der Waals surface area contributed by atoms with E-state index in [2.05, 4.69) is 4.84 Å². The predicted octanol–water partition coefficient (Wildman–Crippen LogP) is 1.54. The van der Waals surface area contributed by atoms with Gasteiger partial charge in [-0.15, -0.1) is 0 Å². The standard InChI is InChI=1S/C16H18N2O3/c17-14(11-20-18)16(19)21-15(12-7-3-1-4-8-12)13-9-5-2-6-10-13/h1-10,14-15H,11,17-18H2/t14-/m1/s1. The maximum absolute atomic E-state index is 12.0. The second-order valence-electron chi connectivity index (χ2n) is 4.58. The van der Waals surface area contributed by atoms with E-state index >= 15 is 0 Å². The number of esters is 1. The first-order chi connectivity index (χ1) is 10.2. The summed E-state index contributed by atoms with van der Waals surface area (Å²) in [5, 5.41) is 0. The van der Waals surface area contributed by atoms with E-state index < -0.39 is 18.1 Å². The molecule has 0 aliphatic heterocycles. The number of ether oxygens (including phenoxy) is 1. The molecule has 0 unspecified atom stereocenters. The zero-order valence-electron chi connectivity index (χ0n) is 11.5. The molecular weight excluding hydrogens is 268 g/mol. The van der Waals surface area contributed by atoms with Gasteiger partial charge >= 0.3 is 5.97 Å². The van der Waals surface area contributed by atoms with Crippen LogP contribution in [0.25, 0.3) is 0 Å². The number of nitrogens with two attached hydrogens (primary N) is 2. The maximum atomic E-state index is 12.0. The minimum absolute atomic E-state index is 0.0882. The van der Waals surface area contributed by atoms with Crippen molar-refractivity contribution in [2.24, 2.45) is 11.6 Å². The largest absolute Gasteiger partial charge is 0.451 e. The first-order valence-electron chi connectivity index (χ1n) is 6.60. The zero-order chi connectivity index (χ0) is 15.1. The van der Waals surface area contributed by atoms with E-state index in [0.717, 1.165) is 11.1 Å². The van der Waals surface area contributed by atoms with Gasteiger partial charge in [0.2, 0.25) is 0 Å². The Bertz CT molecular complexity index is 521. The average Bonchev–Trinajstić information content (AvgIpc) is 2.54. The molecule has 5 nitrogen and oxygen atoms in total. The SMILES string of the molecule is NOC[C@@H](N)C(=O)OC(c1ccccc1)c1ccccc1. The van der Waals surface area contributed by atoms with Gasteiger partial charge in [0.1, 0.15) is 6.04 Å². The molecule has 1 atom stereocenters. The normalized spacial score (nSPS) is 12.1. The Labute approximate surface area is 123 Å². The summed E-state index contributed by atoms with van der Waals surface area (Å²) in [5.41, 5.74) is 7.40. The predicted molar refractivity (Wildman–Crippen MR) is 78.9 cm³/mol. The Hall–Kier alpha value is -2.21. The van der Waals surface area contributed by atoms with Crippen molar-refractivity contribution in [1.29, 1.82) is 0 Å². The van der Waals surface area contributed by atoms with Crippen LogP contribution in [-0.2, 0) is 14.4 Å². The van der Waals surface area contributed by atoms with E-state index in [1.807, 2.05) is 60.7 Å². The Morgan fingerprint density at radius 2 is 1.43 bits per heavy atom. The van der Waals surface area contributed by atoms with Crippen molar-refractivity contribution >= 4 is 5.97 Å². The number of carbonyl (C=O) groups excluding carboxylic acids is 1. The molecule has 0 saturated heterocycles. The lowest BCUT2D eigenvalue weighted by Gasteiger charge is -2.20. The summed E-state index contributed by atoms with van der Waals surface area (Å²) in [4.78, 5) is 16.4. The lowest BCUT2D eigenvalue weighted by atomic mass is 10.0. The van der Waals surface area contributed by atoms with Crippen LogP contribution in [0.4, 0.5) is 0 Å². The lowest BCUT2D eigenvalue weighted by Crippen LogP contribution is -2.38. The number of carbonyl (C=O) groups is 1. The van der Waals surface area contributed by atoms with Crippen LogP contribution < -0.4 is 11.6 Å². The van der Waals surface area contributed by atoms with E-state index in [4.69, 9.17) is 16.4 Å². The molecule has 0 saturated carbocycles. The Morgan fingerprint density at radius 3 is 1.86 bits per heavy atom. The van der Waals surface area contributed by atoms with Gasteiger partial charge in [-0.3, -0.25) is 4.79 Å². The monoisotopic (exact) mass is 286 g/mol. The van der Waals surface area contributed by atoms with Crippen LogP contribution in [-0.4, -0.2) is 18.6 Å². The molecule has 0 aliphatic rings.